The Morgan fingerprint density at radius 3 is 3.06 bits per heavy atom. The van der Waals surface area contributed by atoms with Gasteiger partial charge in [0.15, 0.2) is 5.78 Å². The molecule has 1 aliphatic rings. The maximum absolute atomic E-state index is 12.0. The smallest absolute Gasteiger partial charge is 0.234 e. The summed E-state index contributed by atoms with van der Waals surface area (Å²) in [5, 5.41) is 3.03. The number of pyridine rings is 1. The first-order chi connectivity index (χ1) is 8.18. The highest BCUT2D eigenvalue weighted by molar-refractivity contribution is 7.76. The van der Waals surface area contributed by atoms with Crippen LogP contribution in [0.3, 0.4) is 0 Å². The quantitative estimate of drug-likeness (QED) is 0.571. The van der Waals surface area contributed by atoms with Crippen molar-refractivity contribution in [2.24, 2.45) is 0 Å². The van der Waals surface area contributed by atoms with Crippen molar-refractivity contribution >= 4 is 17.0 Å². The third-order valence-electron chi connectivity index (χ3n) is 2.59. The van der Waals surface area contributed by atoms with E-state index in [4.69, 9.17) is 4.55 Å². The van der Waals surface area contributed by atoms with Crippen LogP contribution in [-0.2, 0) is 11.3 Å². The van der Waals surface area contributed by atoms with E-state index in [1.165, 1.54) is 4.31 Å². The highest BCUT2D eigenvalue weighted by Gasteiger charge is 2.28. The number of piperazine rings is 1. The predicted octanol–water partition coefficient (Wildman–Crippen LogP) is -0.325. The van der Waals surface area contributed by atoms with Crippen LogP contribution in [0.5, 0.6) is 0 Å². The molecule has 1 aromatic heterocycles. The molecule has 0 radical (unpaired) electrons. The number of hydrogen-bond donors (Lipinski definition) is 2. The number of hydrogen-bond acceptors (Lipinski definition) is 4. The third kappa shape index (κ3) is 2.95. The second kappa shape index (κ2) is 5.46. The summed E-state index contributed by atoms with van der Waals surface area (Å²) < 4.78 is 21.3. The first-order valence-electron chi connectivity index (χ1n) is 5.23. The lowest BCUT2D eigenvalue weighted by Gasteiger charge is -2.29. The topological polar surface area (TPSA) is 82.5 Å². The monoisotopic (exact) mass is 255 g/mol. The van der Waals surface area contributed by atoms with E-state index in [0.29, 0.717) is 18.8 Å². The Morgan fingerprint density at radius 1 is 1.59 bits per heavy atom. The Labute approximate surface area is 101 Å². The molecule has 0 amide bonds. The van der Waals surface area contributed by atoms with Crippen molar-refractivity contribution in [3.63, 3.8) is 0 Å². The molecule has 1 saturated heterocycles. The van der Waals surface area contributed by atoms with Gasteiger partial charge in [-0.1, -0.05) is 6.07 Å². The van der Waals surface area contributed by atoms with Crippen molar-refractivity contribution in [3.05, 3.63) is 30.1 Å². The zero-order valence-electron chi connectivity index (χ0n) is 9.07. The van der Waals surface area contributed by atoms with Crippen molar-refractivity contribution in [1.29, 1.82) is 0 Å². The van der Waals surface area contributed by atoms with E-state index in [2.05, 4.69) is 10.3 Å². The minimum Gasteiger partial charge on any atom is -0.305 e. The van der Waals surface area contributed by atoms with Crippen LogP contribution in [0.15, 0.2) is 24.4 Å². The molecule has 2 unspecified atom stereocenters. The van der Waals surface area contributed by atoms with E-state index in [9.17, 15) is 9.00 Å². The van der Waals surface area contributed by atoms with Crippen LogP contribution >= 0.6 is 0 Å². The summed E-state index contributed by atoms with van der Waals surface area (Å²) in [6, 6.07) is 4.64. The summed E-state index contributed by atoms with van der Waals surface area (Å²) in [5.41, 5.74) is 0.371. The second-order valence-electron chi connectivity index (χ2n) is 3.70. The lowest BCUT2D eigenvalue weighted by atomic mass is 10.1. The Bertz CT molecular complexity index is 426. The molecule has 17 heavy (non-hydrogen) atoms. The molecule has 6 nitrogen and oxygen atoms in total. The van der Waals surface area contributed by atoms with Crippen molar-refractivity contribution in [2.75, 3.05) is 19.6 Å². The fourth-order valence-corrected chi connectivity index (χ4v) is 2.25. The molecular formula is C10H13N3O3S. The first kappa shape index (κ1) is 12.3. The summed E-state index contributed by atoms with van der Waals surface area (Å²) in [7, 11) is 0. The van der Waals surface area contributed by atoms with Crippen LogP contribution < -0.4 is 5.32 Å². The maximum Gasteiger partial charge on any atom is 0.234 e. The molecule has 2 N–H and O–H groups in total. The predicted molar refractivity (Wildman–Crippen MR) is 62.7 cm³/mol. The molecule has 1 aliphatic heterocycles. The Balaban J connectivity index is 2.07. The van der Waals surface area contributed by atoms with Gasteiger partial charge >= 0.3 is 0 Å². The minimum atomic E-state index is -2.02. The van der Waals surface area contributed by atoms with Crippen molar-refractivity contribution in [2.45, 2.75) is 6.04 Å². The second-order valence-corrected chi connectivity index (χ2v) is 4.68. The van der Waals surface area contributed by atoms with Gasteiger partial charge in [-0.15, -0.1) is 0 Å². The molecule has 2 atom stereocenters. The summed E-state index contributed by atoms with van der Waals surface area (Å²) in [4.78, 5) is 16.0. The number of carbonyl (C=O) groups is 1. The summed E-state index contributed by atoms with van der Waals surface area (Å²) in [6.07, 6.45) is 1.55. The van der Waals surface area contributed by atoms with Crippen molar-refractivity contribution < 1.29 is 13.6 Å². The van der Waals surface area contributed by atoms with Crippen LogP contribution in [0.25, 0.3) is 0 Å². The van der Waals surface area contributed by atoms with E-state index in [1.807, 2.05) is 0 Å². The highest BCUT2D eigenvalue weighted by atomic mass is 32.2. The van der Waals surface area contributed by atoms with E-state index >= 15 is 0 Å². The van der Waals surface area contributed by atoms with E-state index in [-0.39, 0.29) is 12.3 Å². The van der Waals surface area contributed by atoms with Gasteiger partial charge in [-0.25, -0.2) is 4.21 Å². The van der Waals surface area contributed by atoms with Gasteiger partial charge in [0, 0.05) is 25.8 Å². The molecule has 0 bridgehead atoms. The van der Waals surface area contributed by atoms with Gasteiger partial charge in [0.25, 0.3) is 0 Å². The molecule has 7 heteroatoms. The standard InChI is InChI=1S/C10H13N3O3S/c14-10(8-3-1-2-4-11-8)9-7-13(17(15)16)6-5-12-9/h1-4,9,12H,5-7H2,(H,15,16). The SMILES string of the molecule is O=C(c1ccccn1)C1CN(S(=O)O)CCN1. The van der Waals surface area contributed by atoms with Gasteiger partial charge in [-0.2, -0.15) is 4.31 Å². The minimum absolute atomic E-state index is 0.152. The molecule has 0 spiro atoms. The van der Waals surface area contributed by atoms with Gasteiger partial charge in [-0.05, 0) is 12.1 Å². The van der Waals surface area contributed by atoms with Crippen LogP contribution in [0.1, 0.15) is 10.5 Å². The normalized spacial score (nSPS) is 23.2. The lowest BCUT2D eigenvalue weighted by molar-refractivity contribution is 0.0909. The fourth-order valence-electron chi connectivity index (χ4n) is 1.73. The molecule has 1 aromatic rings. The van der Waals surface area contributed by atoms with Gasteiger partial charge in [0.05, 0.1) is 6.04 Å². The number of rotatable bonds is 3. The fraction of sp³-hybridized carbons (Fsp3) is 0.400. The summed E-state index contributed by atoms with van der Waals surface area (Å²) in [5.74, 6) is -0.152. The zero-order chi connectivity index (χ0) is 12.3. The molecule has 2 rings (SSSR count). The third-order valence-corrected chi connectivity index (χ3v) is 3.37. The Hall–Kier alpha value is -1.15. The average Bonchev–Trinajstić information content (AvgIpc) is 2.39. The van der Waals surface area contributed by atoms with Gasteiger partial charge in [-0.3, -0.25) is 14.3 Å². The molecule has 0 aliphatic carbocycles. The number of nitrogens with zero attached hydrogens (tertiary/aromatic N) is 2. The van der Waals surface area contributed by atoms with Crippen LogP contribution in [0, 0.1) is 0 Å². The largest absolute Gasteiger partial charge is 0.305 e. The maximum atomic E-state index is 12.0. The Morgan fingerprint density at radius 2 is 2.41 bits per heavy atom. The molecular weight excluding hydrogens is 242 g/mol. The molecule has 0 saturated carbocycles. The lowest BCUT2D eigenvalue weighted by Crippen LogP contribution is -2.54. The van der Waals surface area contributed by atoms with Crippen molar-refractivity contribution in [1.82, 2.24) is 14.6 Å². The molecule has 2 heterocycles. The van der Waals surface area contributed by atoms with E-state index in [1.54, 1.807) is 24.4 Å². The summed E-state index contributed by atoms with van der Waals surface area (Å²) in [6.45, 7) is 1.18. The van der Waals surface area contributed by atoms with Gasteiger partial charge in [0.2, 0.25) is 11.3 Å². The number of aromatic nitrogens is 1. The summed E-state index contributed by atoms with van der Waals surface area (Å²) >= 11 is -2.02. The first-order valence-corrected chi connectivity index (χ1v) is 6.29. The van der Waals surface area contributed by atoms with Crippen LogP contribution in [-0.4, -0.2) is 49.5 Å². The van der Waals surface area contributed by atoms with Gasteiger partial charge < -0.3 is 5.32 Å². The average molecular weight is 255 g/mol. The van der Waals surface area contributed by atoms with E-state index in [0.717, 1.165) is 0 Å². The number of nitrogens with one attached hydrogen (secondary N) is 1. The van der Waals surface area contributed by atoms with E-state index < -0.39 is 17.3 Å². The number of carbonyl (C=O) groups excluding carboxylic acids is 1. The molecule has 92 valence electrons. The number of Topliss-reactive ketones (excluding diaryl/α,β-unsaturated/α-hetero) is 1. The zero-order valence-corrected chi connectivity index (χ0v) is 9.89. The van der Waals surface area contributed by atoms with Gasteiger partial charge in [0.1, 0.15) is 5.69 Å². The highest BCUT2D eigenvalue weighted by Crippen LogP contribution is 2.06. The van der Waals surface area contributed by atoms with Crippen LogP contribution in [0.2, 0.25) is 0 Å². The number of ketones is 1. The molecule has 1 fully saturated rings. The Kier molecular flexibility index (Phi) is 3.95. The van der Waals surface area contributed by atoms with Crippen LogP contribution in [0.4, 0.5) is 0 Å². The molecule has 0 aromatic carbocycles. The van der Waals surface area contributed by atoms with Crippen molar-refractivity contribution in [3.8, 4) is 0 Å².